The van der Waals surface area contributed by atoms with Gasteiger partial charge in [0.2, 0.25) is 0 Å². The van der Waals surface area contributed by atoms with Gasteiger partial charge in [0.25, 0.3) is 0 Å². The summed E-state index contributed by atoms with van der Waals surface area (Å²) in [7, 11) is 0. The van der Waals surface area contributed by atoms with E-state index in [1.807, 2.05) is 24.3 Å². The molecule has 2 aromatic carbocycles. The molecule has 3 heteroatoms. The predicted molar refractivity (Wildman–Crippen MR) is 91.7 cm³/mol. The molecule has 2 rings (SSSR count). The first-order chi connectivity index (χ1) is 9.83. The van der Waals surface area contributed by atoms with Crippen molar-refractivity contribution >= 4 is 27.4 Å². The summed E-state index contributed by atoms with van der Waals surface area (Å²) < 4.78 is 0.814. The summed E-state index contributed by atoms with van der Waals surface area (Å²) in [4.78, 5) is 12.5. The zero-order valence-corrected chi connectivity index (χ0v) is 14.2. The van der Waals surface area contributed by atoms with E-state index in [4.69, 9.17) is 5.73 Å². The molecular weight excluding hydrogens is 326 g/mol. The molecule has 21 heavy (non-hydrogen) atoms. The number of anilines is 1. The van der Waals surface area contributed by atoms with Gasteiger partial charge in [0.15, 0.2) is 5.78 Å². The number of hydrogen-bond donors (Lipinski definition) is 1. The summed E-state index contributed by atoms with van der Waals surface area (Å²) in [6.45, 7) is 6.58. The molecule has 0 aliphatic heterocycles. The highest BCUT2D eigenvalue weighted by atomic mass is 79.9. The lowest BCUT2D eigenvalue weighted by atomic mass is 9.82. The first-order valence-electron chi connectivity index (χ1n) is 7.05. The van der Waals surface area contributed by atoms with Gasteiger partial charge < -0.3 is 5.73 Å². The summed E-state index contributed by atoms with van der Waals surface area (Å²) in [5, 5.41) is 0. The standard InChI is InChI=1S/C18H20BrNO/c1-4-18(2,3)14-7-5-12(6-8-14)17(21)13-9-15(19)11-16(20)10-13/h5-11H,4,20H2,1-3H3. The van der Waals surface area contributed by atoms with Crippen molar-refractivity contribution in [2.75, 3.05) is 5.73 Å². The van der Waals surface area contributed by atoms with Crippen molar-refractivity contribution in [3.05, 3.63) is 63.6 Å². The van der Waals surface area contributed by atoms with Gasteiger partial charge >= 0.3 is 0 Å². The normalized spacial score (nSPS) is 11.4. The Morgan fingerprint density at radius 3 is 2.24 bits per heavy atom. The van der Waals surface area contributed by atoms with Crippen LogP contribution in [0.5, 0.6) is 0 Å². The van der Waals surface area contributed by atoms with Gasteiger partial charge in [-0.1, -0.05) is 61.0 Å². The van der Waals surface area contributed by atoms with Gasteiger partial charge in [-0.25, -0.2) is 0 Å². The molecule has 0 bridgehead atoms. The maximum absolute atomic E-state index is 12.5. The Hall–Kier alpha value is -1.61. The highest BCUT2D eigenvalue weighted by molar-refractivity contribution is 9.10. The van der Waals surface area contributed by atoms with Crippen molar-refractivity contribution in [1.82, 2.24) is 0 Å². The number of nitrogen functional groups attached to an aromatic ring is 1. The van der Waals surface area contributed by atoms with E-state index in [9.17, 15) is 4.79 Å². The van der Waals surface area contributed by atoms with E-state index in [-0.39, 0.29) is 11.2 Å². The van der Waals surface area contributed by atoms with Gasteiger partial charge in [-0.15, -0.1) is 0 Å². The monoisotopic (exact) mass is 345 g/mol. The Morgan fingerprint density at radius 2 is 1.71 bits per heavy atom. The zero-order valence-electron chi connectivity index (χ0n) is 12.6. The largest absolute Gasteiger partial charge is 0.399 e. The van der Waals surface area contributed by atoms with Gasteiger partial charge in [-0.2, -0.15) is 0 Å². The number of hydrogen-bond acceptors (Lipinski definition) is 2. The molecule has 0 aliphatic rings. The van der Waals surface area contributed by atoms with E-state index in [0.29, 0.717) is 16.8 Å². The van der Waals surface area contributed by atoms with Crippen molar-refractivity contribution < 1.29 is 4.79 Å². The van der Waals surface area contributed by atoms with Crippen LogP contribution in [0.3, 0.4) is 0 Å². The van der Waals surface area contributed by atoms with Crippen LogP contribution in [0.15, 0.2) is 46.9 Å². The Labute approximate surface area is 134 Å². The van der Waals surface area contributed by atoms with Crippen molar-refractivity contribution in [2.45, 2.75) is 32.6 Å². The summed E-state index contributed by atoms with van der Waals surface area (Å²) in [5.41, 5.74) is 9.03. The van der Waals surface area contributed by atoms with Crippen LogP contribution in [0.25, 0.3) is 0 Å². The molecule has 0 aliphatic carbocycles. The molecule has 0 heterocycles. The number of benzene rings is 2. The van der Waals surface area contributed by atoms with Crippen LogP contribution in [0.1, 0.15) is 48.7 Å². The zero-order chi connectivity index (χ0) is 15.6. The highest BCUT2D eigenvalue weighted by Gasteiger charge is 2.18. The molecule has 0 unspecified atom stereocenters. The Bertz CT molecular complexity index is 639. The second kappa shape index (κ2) is 6.02. The minimum atomic E-state index is -0.0103. The van der Waals surface area contributed by atoms with Gasteiger partial charge in [0, 0.05) is 21.3 Å². The molecule has 0 aromatic heterocycles. The lowest BCUT2D eigenvalue weighted by Gasteiger charge is -2.23. The van der Waals surface area contributed by atoms with Crippen molar-refractivity contribution in [1.29, 1.82) is 0 Å². The molecule has 0 saturated carbocycles. The van der Waals surface area contributed by atoms with E-state index in [1.54, 1.807) is 18.2 Å². The Kier molecular flexibility index (Phi) is 4.52. The second-order valence-electron chi connectivity index (χ2n) is 5.92. The van der Waals surface area contributed by atoms with E-state index < -0.39 is 0 Å². The summed E-state index contributed by atoms with van der Waals surface area (Å²) >= 11 is 3.37. The molecule has 2 nitrogen and oxygen atoms in total. The molecule has 0 fully saturated rings. The molecule has 2 N–H and O–H groups in total. The number of ketones is 1. The Morgan fingerprint density at radius 1 is 1.10 bits per heavy atom. The van der Waals surface area contributed by atoms with Crippen LogP contribution in [0.2, 0.25) is 0 Å². The fourth-order valence-corrected chi connectivity index (χ4v) is 2.70. The molecule has 0 spiro atoms. The third-order valence-corrected chi connectivity index (χ3v) is 4.45. The third-order valence-electron chi connectivity index (χ3n) is 3.99. The number of halogens is 1. The minimum absolute atomic E-state index is 0.0103. The quantitative estimate of drug-likeness (QED) is 0.629. The third kappa shape index (κ3) is 3.53. The van der Waals surface area contributed by atoms with E-state index in [1.165, 1.54) is 5.56 Å². The summed E-state index contributed by atoms with van der Waals surface area (Å²) in [6.07, 6.45) is 1.06. The van der Waals surface area contributed by atoms with Crippen molar-refractivity contribution in [3.8, 4) is 0 Å². The van der Waals surface area contributed by atoms with Crippen LogP contribution in [0, 0.1) is 0 Å². The van der Waals surface area contributed by atoms with Crippen LogP contribution >= 0.6 is 15.9 Å². The highest BCUT2D eigenvalue weighted by Crippen LogP contribution is 2.27. The molecule has 0 atom stereocenters. The van der Waals surface area contributed by atoms with Gasteiger partial charge in [0.05, 0.1) is 0 Å². The Balaban J connectivity index is 2.32. The first-order valence-corrected chi connectivity index (χ1v) is 7.84. The van der Waals surface area contributed by atoms with Crippen LogP contribution in [-0.2, 0) is 5.41 Å². The van der Waals surface area contributed by atoms with Crippen LogP contribution in [0.4, 0.5) is 5.69 Å². The lowest BCUT2D eigenvalue weighted by Crippen LogP contribution is -2.15. The average Bonchev–Trinajstić information content (AvgIpc) is 2.45. The molecule has 0 saturated heterocycles. The fourth-order valence-electron chi connectivity index (χ4n) is 2.19. The van der Waals surface area contributed by atoms with Crippen molar-refractivity contribution in [3.63, 3.8) is 0 Å². The molecule has 0 amide bonds. The lowest BCUT2D eigenvalue weighted by molar-refractivity contribution is 0.103. The van der Waals surface area contributed by atoms with Crippen LogP contribution < -0.4 is 5.73 Å². The van der Waals surface area contributed by atoms with Crippen molar-refractivity contribution in [2.24, 2.45) is 0 Å². The van der Waals surface area contributed by atoms with E-state index in [0.717, 1.165) is 10.9 Å². The molecular formula is C18H20BrNO. The first kappa shape index (κ1) is 15.8. The van der Waals surface area contributed by atoms with Gasteiger partial charge in [0.1, 0.15) is 0 Å². The summed E-state index contributed by atoms with van der Waals surface area (Å²) in [6, 6.07) is 13.2. The topological polar surface area (TPSA) is 43.1 Å². The number of nitrogens with two attached hydrogens (primary N) is 1. The number of carbonyl (C=O) groups is 1. The molecule has 2 aromatic rings. The molecule has 110 valence electrons. The molecule has 0 radical (unpaired) electrons. The average molecular weight is 346 g/mol. The predicted octanol–water partition coefficient (Wildman–Crippen LogP) is 4.95. The minimum Gasteiger partial charge on any atom is -0.399 e. The second-order valence-corrected chi connectivity index (χ2v) is 6.83. The van der Waals surface area contributed by atoms with E-state index >= 15 is 0 Å². The van der Waals surface area contributed by atoms with E-state index in [2.05, 4.69) is 36.7 Å². The number of carbonyl (C=O) groups excluding carboxylic acids is 1. The smallest absolute Gasteiger partial charge is 0.193 e. The van der Waals surface area contributed by atoms with Gasteiger partial charge in [-0.3, -0.25) is 4.79 Å². The van der Waals surface area contributed by atoms with Gasteiger partial charge in [-0.05, 0) is 35.6 Å². The maximum atomic E-state index is 12.5. The van der Waals surface area contributed by atoms with Crippen LogP contribution in [-0.4, -0.2) is 5.78 Å². The maximum Gasteiger partial charge on any atom is 0.193 e. The fraction of sp³-hybridized carbons (Fsp3) is 0.278. The SMILES string of the molecule is CCC(C)(C)c1ccc(C(=O)c2cc(N)cc(Br)c2)cc1. The summed E-state index contributed by atoms with van der Waals surface area (Å²) in [5.74, 6) is -0.0103. The number of rotatable bonds is 4.